The highest BCUT2D eigenvalue weighted by atomic mass is 33.1. The molecule has 0 atom stereocenters. The van der Waals surface area contributed by atoms with Gasteiger partial charge in [-0.3, -0.25) is 0 Å². The Balaban J connectivity index is 3.35. The molecule has 2 nitrogen and oxygen atoms in total. The van der Waals surface area contributed by atoms with Crippen molar-refractivity contribution in [3.8, 4) is 0 Å². The van der Waals surface area contributed by atoms with Gasteiger partial charge in [0.05, 0.1) is 5.03 Å². The van der Waals surface area contributed by atoms with Gasteiger partial charge in [-0.15, -0.1) is 0 Å². The van der Waals surface area contributed by atoms with Crippen LogP contribution in [-0.4, -0.2) is 18.4 Å². The quantitative estimate of drug-likeness (QED) is 0.525. The molecule has 0 aliphatic heterocycles. The molecule has 0 saturated heterocycles. The number of hydrogen-bond acceptors (Lipinski definition) is 4. The third kappa shape index (κ3) is 4.96. The lowest BCUT2D eigenvalue weighted by Gasteiger charge is -2.02. The Morgan fingerprint density at radius 1 is 1.30 bits per heavy atom. The molecule has 0 bridgehead atoms. The molecule has 0 aromatic rings. The van der Waals surface area contributed by atoms with Gasteiger partial charge in [0, 0.05) is 14.1 Å². The van der Waals surface area contributed by atoms with Crippen LogP contribution in [0.5, 0.6) is 0 Å². The van der Waals surface area contributed by atoms with Crippen molar-refractivity contribution in [2.45, 2.75) is 0 Å². The molecule has 0 heterocycles. The summed E-state index contributed by atoms with van der Waals surface area (Å²) in [7, 11) is 6.64. The fourth-order valence-electron chi connectivity index (χ4n) is 0.171. The first-order valence-corrected chi connectivity index (χ1v) is 5.19. The zero-order valence-corrected chi connectivity index (χ0v) is 8.38. The van der Waals surface area contributed by atoms with Crippen molar-refractivity contribution in [2.24, 2.45) is 0 Å². The van der Waals surface area contributed by atoms with Crippen LogP contribution in [-0.2, 0) is 0 Å². The molecule has 0 unspecified atom stereocenters. The van der Waals surface area contributed by atoms with E-state index in [1.165, 1.54) is 21.6 Å². The summed E-state index contributed by atoms with van der Waals surface area (Å²) in [5.74, 6) is 0. The first-order chi connectivity index (χ1) is 4.70. The van der Waals surface area contributed by atoms with Crippen molar-refractivity contribution in [1.29, 1.82) is 0 Å². The maximum absolute atomic E-state index is 4.88. The molecule has 2 N–H and O–H groups in total. The largest absolute Gasteiger partial charge is 0.383 e. The van der Waals surface area contributed by atoms with Crippen LogP contribution in [0.3, 0.4) is 0 Å². The smallest absolute Gasteiger partial charge is 0.144 e. The van der Waals surface area contributed by atoms with E-state index in [9.17, 15) is 0 Å². The van der Waals surface area contributed by atoms with E-state index in [0.717, 1.165) is 9.35 Å². The van der Waals surface area contributed by atoms with E-state index in [4.69, 9.17) is 12.2 Å². The van der Waals surface area contributed by atoms with E-state index in [1.54, 1.807) is 7.05 Å². The van der Waals surface area contributed by atoms with Crippen molar-refractivity contribution < 1.29 is 0 Å². The van der Waals surface area contributed by atoms with Gasteiger partial charge in [0.15, 0.2) is 0 Å². The summed E-state index contributed by atoms with van der Waals surface area (Å²) >= 11 is 4.88. The van der Waals surface area contributed by atoms with Gasteiger partial charge in [0.25, 0.3) is 0 Å². The Kier molecular flexibility index (Phi) is 5.96. The number of thiocarbonyl (C=S) groups is 1. The average Bonchev–Trinajstić information content (AvgIpc) is 1.99. The second-order valence-corrected chi connectivity index (χ2v) is 4.28. The normalized spacial score (nSPS) is 8.60. The monoisotopic (exact) mass is 194 g/mol. The maximum Gasteiger partial charge on any atom is 0.144 e. The Bertz CT molecular complexity index is 119. The van der Waals surface area contributed by atoms with Gasteiger partial charge in [0.1, 0.15) is 4.32 Å². The summed E-state index contributed by atoms with van der Waals surface area (Å²) in [6, 6.07) is 0. The standard InChI is InChI=1S/C5H10N2S3/c1-4(6-2)9-10-5(8)7-3/h6H,1H2,2-3H3,(H,7,8). The summed E-state index contributed by atoms with van der Waals surface area (Å²) in [6.45, 7) is 3.72. The summed E-state index contributed by atoms with van der Waals surface area (Å²) in [4.78, 5) is 0. The van der Waals surface area contributed by atoms with E-state index >= 15 is 0 Å². The highest BCUT2D eigenvalue weighted by Gasteiger charge is 1.95. The second-order valence-electron chi connectivity index (χ2n) is 1.38. The van der Waals surface area contributed by atoms with E-state index < -0.39 is 0 Å². The third-order valence-electron chi connectivity index (χ3n) is 0.701. The van der Waals surface area contributed by atoms with E-state index in [2.05, 4.69) is 17.2 Å². The molecule has 0 fully saturated rings. The van der Waals surface area contributed by atoms with Gasteiger partial charge in [-0.05, 0) is 21.6 Å². The second kappa shape index (κ2) is 5.88. The molecule has 0 radical (unpaired) electrons. The summed E-state index contributed by atoms with van der Waals surface area (Å²) in [5, 5.41) is 6.66. The van der Waals surface area contributed by atoms with Crippen molar-refractivity contribution in [2.75, 3.05) is 14.1 Å². The minimum absolute atomic E-state index is 0.765. The van der Waals surface area contributed by atoms with Gasteiger partial charge in [0.2, 0.25) is 0 Å². The van der Waals surface area contributed by atoms with E-state index in [0.29, 0.717) is 0 Å². The Morgan fingerprint density at radius 2 is 1.90 bits per heavy atom. The molecule has 5 heteroatoms. The SMILES string of the molecule is C=C(NC)SSC(=S)NC. The lowest BCUT2D eigenvalue weighted by atomic mass is 11.0. The average molecular weight is 194 g/mol. The van der Waals surface area contributed by atoms with Crippen LogP contribution in [0.15, 0.2) is 11.6 Å². The molecule has 0 saturated carbocycles. The molecule has 58 valence electrons. The van der Waals surface area contributed by atoms with E-state index in [1.807, 2.05) is 7.05 Å². The summed E-state index contributed by atoms with van der Waals surface area (Å²) in [5.41, 5.74) is 0. The lowest BCUT2D eigenvalue weighted by Crippen LogP contribution is -2.10. The molecule has 10 heavy (non-hydrogen) atoms. The highest BCUT2D eigenvalue weighted by molar-refractivity contribution is 8.84. The summed E-state index contributed by atoms with van der Waals surface area (Å²) in [6.07, 6.45) is 0. The molecule has 0 aromatic carbocycles. The van der Waals surface area contributed by atoms with Crippen molar-refractivity contribution >= 4 is 38.1 Å². The molecule has 0 aliphatic rings. The van der Waals surface area contributed by atoms with Crippen LogP contribution in [0.1, 0.15) is 0 Å². The number of nitrogens with one attached hydrogen (secondary N) is 2. The third-order valence-corrected chi connectivity index (χ3v) is 3.67. The first kappa shape index (κ1) is 10.1. The summed E-state index contributed by atoms with van der Waals surface area (Å²) < 4.78 is 0.765. The minimum Gasteiger partial charge on any atom is -0.383 e. The van der Waals surface area contributed by atoms with Crippen LogP contribution in [0, 0.1) is 0 Å². The van der Waals surface area contributed by atoms with Gasteiger partial charge in [-0.2, -0.15) is 0 Å². The van der Waals surface area contributed by atoms with Crippen LogP contribution >= 0.6 is 33.8 Å². The van der Waals surface area contributed by atoms with Crippen molar-refractivity contribution in [1.82, 2.24) is 10.6 Å². The first-order valence-electron chi connectivity index (χ1n) is 2.63. The van der Waals surface area contributed by atoms with Crippen molar-refractivity contribution in [3.05, 3.63) is 11.6 Å². The van der Waals surface area contributed by atoms with Gasteiger partial charge >= 0.3 is 0 Å². The maximum atomic E-state index is 4.88. The Morgan fingerprint density at radius 3 is 2.30 bits per heavy atom. The van der Waals surface area contributed by atoms with Crippen molar-refractivity contribution in [3.63, 3.8) is 0 Å². The zero-order chi connectivity index (χ0) is 7.98. The van der Waals surface area contributed by atoms with Gasteiger partial charge in [-0.25, -0.2) is 0 Å². The number of rotatable bonds is 3. The highest BCUT2D eigenvalue weighted by Crippen LogP contribution is 2.26. The number of hydrogen-bond donors (Lipinski definition) is 2. The van der Waals surface area contributed by atoms with Crippen LogP contribution in [0.2, 0.25) is 0 Å². The fourth-order valence-corrected chi connectivity index (χ4v) is 1.85. The van der Waals surface area contributed by atoms with Gasteiger partial charge in [-0.1, -0.05) is 18.8 Å². The van der Waals surface area contributed by atoms with Crippen LogP contribution in [0.25, 0.3) is 0 Å². The molecule has 0 spiro atoms. The molecular formula is C5H10N2S3. The minimum atomic E-state index is 0.765. The molecule has 0 rings (SSSR count). The predicted molar refractivity (Wildman–Crippen MR) is 55.0 cm³/mol. The molecular weight excluding hydrogens is 184 g/mol. The van der Waals surface area contributed by atoms with Gasteiger partial charge < -0.3 is 10.6 Å². The predicted octanol–water partition coefficient (Wildman–Crippen LogP) is 1.56. The Hall–Kier alpha value is 0.130. The Labute approximate surface area is 74.6 Å². The van der Waals surface area contributed by atoms with Crippen LogP contribution in [0.4, 0.5) is 0 Å². The topological polar surface area (TPSA) is 24.1 Å². The fraction of sp³-hybridized carbons (Fsp3) is 0.400. The van der Waals surface area contributed by atoms with E-state index in [-0.39, 0.29) is 0 Å². The molecule has 0 aromatic heterocycles. The zero-order valence-electron chi connectivity index (χ0n) is 5.93. The lowest BCUT2D eigenvalue weighted by molar-refractivity contribution is 1.09. The molecule has 0 amide bonds. The van der Waals surface area contributed by atoms with Crippen LogP contribution < -0.4 is 10.6 Å². The molecule has 0 aliphatic carbocycles.